The van der Waals surface area contributed by atoms with Crippen molar-refractivity contribution >= 4 is 33.8 Å². The molecule has 0 aliphatic heterocycles. The maximum atomic E-state index is 2.29. The SMILES string of the molecule is CC(C)CCc1cccc2sccc12.Cl. The van der Waals surface area contributed by atoms with Crippen LogP contribution in [0.2, 0.25) is 0 Å². The Morgan fingerprint density at radius 2 is 2.00 bits per heavy atom. The monoisotopic (exact) mass is 240 g/mol. The molecular formula is C13H17ClS. The molecule has 0 saturated heterocycles. The van der Waals surface area contributed by atoms with E-state index in [1.807, 2.05) is 11.3 Å². The largest absolute Gasteiger partial charge is 0.147 e. The lowest BCUT2D eigenvalue weighted by Gasteiger charge is -2.05. The second kappa shape index (κ2) is 5.53. The highest BCUT2D eigenvalue weighted by Crippen LogP contribution is 2.25. The van der Waals surface area contributed by atoms with Crippen LogP contribution < -0.4 is 0 Å². The first-order chi connectivity index (χ1) is 6.77. The van der Waals surface area contributed by atoms with Crippen LogP contribution >= 0.6 is 23.7 Å². The van der Waals surface area contributed by atoms with E-state index < -0.39 is 0 Å². The van der Waals surface area contributed by atoms with Crippen LogP contribution in [0.4, 0.5) is 0 Å². The highest BCUT2D eigenvalue weighted by molar-refractivity contribution is 7.17. The first-order valence-corrected chi connectivity index (χ1v) is 6.10. The third-order valence-corrected chi connectivity index (χ3v) is 3.46. The van der Waals surface area contributed by atoms with Gasteiger partial charge in [-0.15, -0.1) is 23.7 Å². The van der Waals surface area contributed by atoms with Crippen LogP contribution in [0, 0.1) is 5.92 Å². The molecule has 0 bridgehead atoms. The van der Waals surface area contributed by atoms with Gasteiger partial charge in [0.1, 0.15) is 0 Å². The number of aryl methyl sites for hydroxylation is 1. The first kappa shape index (κ1) is 12.5. The van der Waals surface area contributed by atoms with Gasteiger partial charge in [-0.3, -0.25) is 0 Å². The van der Waals surface area contributed by atoms with Crippen LogP contribution in [0.15, 0.2) is 29.6 Å². The van der Waals surface area contributed by atoms with Crippen molar-refractivity contribution in [1.29, 1.82) is 0 Å². The fourth-order valence-electron chi connectivity index (χ4n) is 1.72. The molecule has 0 spiro atoms. The molecule has 0 aliphatic rings. The molecule has 82 valence electrons. The standard InChI is InChI=1S/C13H16S.ClH/c1-10(2)6-7-11-4-3-5-13-12(11)8-9-14-13;/h3-5,8-10H,6-7H2,1-2H3;1H. The summed E-state index contributed by atoms with van der Waals surface area (Å²) in [7, 11) is 0. The number of benzene rings is 1. The fraction of sp³-hybridized carbons (Fsp3) is 0.385. The summed E-state index contributed by atoms with van der Waals surface area (Å²) in [5.41, 5.74) is 1.51. The van der Waals surface area contributed by atoms with Gasteiger partial charge < -0.3 is 0 Å². The van der Waals surface area contributed by atoms with Crippen molar-refractivity contribution in [2.24, 2.45) is 5.92 Å². The highest BCUT2D eigenvalue weighted by atomic mass is 35.5. The molecule has 0 nitrogen and oxygen atoms in total. The molecule has 0 aliphatic carbocycles. The molecule has 0 unspecified atom stereocenters. The molecule has 0 N–H and O–H groups in total. The van der Waals surface area contributed by atoms with E-state index in [4.69, 9.17) is 0 Å². The van der Waals surface area contributed by atoms with Gasteiger partial charge in [-0.25, -0.2) is 0 Å². The van der Waals surface area contributed by atoms with Crippen LogP contribution in [0.3, 0.4) is 0 Å². The molecule has 0 amide bonds. The van der Waals surface area contributed by atoms with E-state index in [-0.39, 0.29) is 12.4 Å². The Kier molecular flexibility index (Phi) is 4.62. The predicted molar refractivity (Wildman–Crippen MR) is 72.2 cm³/mol. The van der Waals surface area contributed by atoms with Gasteiger partial charge in [-0.1, -0.05) is 26.0 Å². The molecule has 15 heavy (non-hydrogen) atoms. The van der Waals surface area contributed by atoms with Crippen LogP contribution in [0.1, 0.15) is 25.8 Å². The van der Waals surface area contributed by atoms with Crippen molar-refractivity contribution in [2.45, 2.75) is 26.7 Å². The molecule has 1 heterocycles. The Balaban J connectivity index is 0.00000112. The minimum absolute atomic E-state index is 0. The Morgan fingerprint density at radius 3 is 2.73 bits per heavy atom. The minimum Gasteiger partial charge on any atom is -0.147 e. The summed E-state index contributed by atoms with van der Waals surface area (Å²) in [5.74, 6) is 0.795. The molecule has 0 radical (unpaired) electrons. The summed E-state index contributed by atoms with van der Waals surface area (Å²) in [5, 5.41) is 3.64. The number of thiophene rings is 1. The number of hydrogen-bond acceptors (Lipinski definition) is 1. The quantitative estimate of drug-likeness (QED) is 0.715. The Morgan fingerprint density at radius 1 is 1.20 bits per heavy atom. The third-order valence-electron chi connectivity index (χ3n) is 2.58. The van der Waals surface area contributed by atoms with E-state index in [1.165, 1.54) is 28.5 Å². The molecule has 1 aromatic heterocycles. The van der Waals surface area contributed by atoms with E-state index >= 15 is 0 Å². The summed E-state index contributed by atoms with van der Waals surface area (Å²) in [6.07, 6.45) is 2.50. The Bertz CT molecular complexity index is 417. The first-order valence-electron chi connectivity index (χ1n) is 5.22. The van der Waals surface area contributed by atoms with Gasteiger partial charge in [0.15, 0.2) is 0 Å². The Labute approximate surface area is 102 Å². The lowest BCUT2D eigenvalue weighted by molar-refractivity contribution is 0.588. The zero-order valence-corrected chi connectivity index (χ0v) is 10.8. The molecule has 1 aromatic carbocycles. The van der Waals surface area contributed by atoms with E-state index in [0.29, 0.717) is 0 Å². The van der Waals surface area contributed by atoms with Crippen molar-refractivity contribution in [3.63, 3.8) is 0 Å². The van der Waals surface area contributed by atoms with Gasteiger partial charge in [0.2, 0.25) is 0 Å². The lowest BCUT2D eigenvalue weighted by Crippen LogP contribution is -1.92. The maximum absolute atomic E-state index is 2.29. The number of rotatable bonds is 3. The smallest absolute Gasteiger partial charge is 0.0345 e. The molecular weight excluding hydrogens is 224 g/mol. The van der Waals surface area contributed by atoms with Crippen LogP contribution in [0.25, 0.3) is 10.1 Å². The van der Waals surface area contributed by atoms with Gasteiger partial charge in [0, 0.05) is 4.70 Å². The molecule has 0 atom stereocenters. The summed E-state index contributed by atoms with van der Waals surface area (Å²) in [6.45, 7) is 4.57. The second-order valence-corrected chi connectivity index (χ2v) is 5.13. The van der Waals surface area contributed by atoms with Crippen LogP contribution in [-0.2, 0) is 6.42 Å². The van der Waals surface area contributed by atoms with Gasteiger partial charge >= 0.3 is 0 Å². The zero-order chi connectivity index (χ0) is 9.97. The minimum atomic E-state index is 0. The van der Waals surface area contributed by atoms with Gasteiger partial charge in [0.05, 0.1) is 0 Å². The Hall–Kier alpha value is -0.530. The molecule has 2 aromatic rings. The number of hydrogen-bond donors (Lipinski definition) is 0. The molecule has 2 heteroatoms. The zero-order valence-electron chi connectivity index (χ0n) is 9.19. The van der Waals surface area contributed by atoms with Crippen molar-refractivity contribution in [2.75, 3.05) is 0 Å². The second-order valence-electron chi connectivity index (χ2n) is 4.18. The van der Waals surface area contributed by atoms with E-state index in [9.17, 15) is 0 Å². The molecule has 2 rings (SSSR count). The average molecular weight is 241 g/mol. The normalized spacial score (nSPS) is 10.6. The number of halogens is 1. The van der Waals surface area contributed by atoms with Crippen molar-refractivity contribution in [3.05, 3.63) is 35.2 Å². The van der Waals surface area contributed by atoms with Gasteiger partial charge in [0.25, 0.3) is 0 Å². The number of fused-ring (bicyclic) bond motifs is 1. The predicted octanol–water partition coefficient (Wildman–Crippen LogP) is 4.91. The van der Waals surface area contributed by atoms with E-state index in [1.54, 1.807) is 0 Å². The summed E-state index contributed by atoms with van der Waals surface area (Å²) < 4.78 is 1.42. The third kappa shape index (κ3) is 2.96. The van der Waals surface area contributed by atoms with Gasteiger partial charge in [-0.2, -0.15) is 0 Å². The van der Waals surface area contributed by atoms with Crippen molar-refractivity contribution in [3.8, 4) is 0 Å². The van der Waals surface area contributed by atoms with Crippen molar-refractivity contribution < 1.29 is 0 Å². The summed E-state index contributed by atoms with van der Waals surface area (Å²) in [6, 6.07) is 8.89. The average Bonchev–Trinajstić information content (AvgIpc) is 2.62. The van der Waals surface area contributed by atoms with E-state index in [2.05, 4.69) is 43.5 Å². The topological polar surface area (TPSA) is 0 Å². The van der Waals surface area contributed by atoms with Crippen molar-refractivity contribution in [1.82, 2.24) is 0 Å². The maximum Gasteiger partial charge on any atom is 0.0345 e. The summed E-state index contributed by atoms with van der Waals surface area (Å²) in [4.78, 5) is 0. The highest BCUT2D eigenvalue weighted by Gasteiger charge is 2.02. The van der Waals surface area contributed by atoms with Gasteiger partial charge in [-0.05, 0) is 47.2 Å². The lowest BCUT2D eigenvalue weighted by atomic mass is 10.0. The van der Waals surface area contributed by atoms with Crippen LogP contribution in [-0.4, -0.2) is 0 Å². The van der Waals surface area contributed by atoms with Crippen LogP contribution in [0.5, 0.6) is 0 Å². The summed E-state index contributed by atoms with van der Waals surface area (Å²) >= 11 is 1.84. The molecule has 0 fully saturated rings. The fourth-order valence-corrected chi connectivity index (χ4v) is 2.55. The van der Waals surface area contributed by atoms with E-state index in [0.717, 1.165) is 5.92 Å². The molecule has 0 saturated carbocycles.